The number of carbonyl (C=O) groups is 2. The molecule has 0 atom stereocenters. The van der Waals surface area contributed by atoms with Gasteiger partial charge >= 0.3 is 5.97 Å². The summed E-state index contributed by atoms with van der Waals surface area (Å²) in [5.41, 5.74) is 1.69. The Morgan fingerprint density at radius 2 is 1.73 bits per heavy atom. The molecular formula is C21H21N3O6. The highest BCUT2D eigenvalue weighted by Gasteiger charge is 2.13. The summed E-state index contributed by atoms with van der Waals surface area (Å²) >= 11 is 0. The van der Waals surface area contributed by atoms with Gasteiger partial charge in [-0.2, -0.15) is 4.98 Å². The van der Waals surface area contributed by atoms with Crippen LogP contribution in [0.1, 0.15) is 22.7 Å². The molecule has 0 bridgehead atoms. The average Bonchev–Trinajstić information content (AvgIpc) is 3.26. The second-order valence-electron chi connectivity index (χ2n) is 6.20. The molecular weight excluding hydrogens is 390 g/mol. The molecule has 0 aliphatic carbocycles. The normalized spacial score (nSPS) is 10.4. The number of rotatable bonds is 8. The van der Waals surface area contributed by atoms with E-state index in [4.69, 9.17) is 14.0 Å². The molecule has 0 aliphatic heterocycles. The van der Waals surface area contributed by atoms with Crippen LogP contribution in [-0.2, 0) is 16.0 Å². The summed E-state index contributed by atoms with van der Waals surface area (Å²) in [5.74, 6) is 1.24. The van der Waals surface area contributed by atoms with Gasteiger partial charge in [0.1, 0.15) is 0 Å². The molecule has 30 heavy (non-hydrogen) atoms. The van der Waals surface area contributed by atoms with E-state index in [9.17, 15) is 9.59 Å². The Kier molecular flexibility index (Phi) is 6.63. The van der Waals surface area contributed by atoms with Gasteiger partial charge in [-0.05, 0) is 42.5 Å². The quantitative estimate of drug-likeness (QED) is 0.563. The summed E-state index contributed by atoms with van der Waals surface area (Å²) < 4.78 is 20.4. The van der Waals surface area contributed by atoms with E-state index in [-0.39, 0.29) is 18.7 Å². The third-order valence-corrected chi connectivity index (χ3v) is 4.27. The van der Waals surface area contributed by atoms with Crippen LogP contribution in [0, 0.1) is 0 Å². The van der Waals surface area contributed by atoms with Crippen molar-refractivity contribution >= 4 is 17.6 Å². The fraction of sp³-hybridized carbons (Fsp3) is 0.238. The van der Waals surface area contributed by atoms with E-state index in [1.165, 1.54) is 7.11 Å². The van der Waals surface area contributed by atoms with Gasteiger partial charge in [-0.15, -0.1) is 0 Å². The lowest BCUT2D eigenvalue weighted by Gasteiger charge is -2.07. The van der Waals surface area contributed by atoms with Crippen LogP contribution in [0.25, 0.3) is 11.4 Å². The molecule has 0 unspecified atom stereocenters. The first kappa shape index (κ1) is 20.8. The number of carbonyl (C=O) groups excluding carboxylic acids is 2. The van der Waals surface area contributed by atoms with E-state index in [0.717, 1.165) is 0 Å². The zero-order valence-corrected chi connectivity index (χ0v) is 16.8. The molecule has 0 saturated carbocycles. The van der Waals surface area contributed by atoms with E-state index >= 15 is 0 Å². The van der Waals surface area contributed by atoms with Crippen LogP contribution < -0.4 is 14.8 Å². The maximum atomic E-state index is 12.2. The summed E-state index contributed by atoms with van der Waals surface area (Å²) in [6, 6.07) is 11.7. The van der Waals surface area contributed by atoms with Crippen molar-refractivity contribution in [2.45, 2.75) is 12.8 Å². The fourth-order valence-corrected chi connectivity index (χ4v) is 2.70. The van der Waals surface area contributed by atoms with Gasteiger partial charge < -0.3 is 24.1 Å². The number of nitrogens with one attached hydrogen (secondary N) is 1. The summed E-state index contributed by atoms with van der Waals surface area (Å²) in [4.78, 5) is 27.9. The van der Waals surface area contributed by atoms with E-state index in [1.807, 2.05) is 0 Å². The van der Waals surface area contributed by atoms with Crippen molar-refractivity contribution in [3.05, 3.63) is 53.9 Å². The molecule has 1 heterocycles. The van der Waals surface area contributed by atoms with Gasteiger partial charge in [-0.1, -0.05) is 5.16 Å². The monoisotopic (exact) mass is 411 g/mol. The zero-order valence-electron chi connectivity index (χ0n) is 16.8. The number of benzene rings is 2. The number of anilines is 1. The van der Waals surface area contributed by atoms with Crippen molar-refractivity contribution < 1.29 is 28.3 Å². The first-order valence-corrected chi connectivity index (χ1v) is 9.07. The minimum absolute atomic E-state index is 0.159. The predicted octanol–water partition coefficient (Wildman–Crippen LogP) is 3.11. The lowest BCUT2D eigenvalue weighted by atomic mass is 10.2. The Labute approximate surface area is 172 Å². The smallest absolute Gasteiger partial charge is 0.337 e. The third-order valence-electron chi connectivity index (χ3n) is 4.27. The molecule has 0 fully saturated rings. The Bertz CT molecular complexity index is 1030. The lowest BCUT2D eigenvalue weighted by Crippen LogP contribution is -2.12. The van der Waals surface area contributed by atoms with Crippen LogP contribution >= 0.6 is 0 Å². The Morgan fingerprint density at radius 3 is 2.40 bits per heavy atom. The maximum Gasteiger partial charge on any atom is 0.337 e. The number of amides is 1. The second kappa shape index (κ2) is 9.55. The Balaban J connectivity index is 1.57. The van der Waals surface area contributed by atoms with E-state index < -0.39 is 5.97 Å². The lowest BCUT2D eigenvalue weighted by molar-refractivity contribution is -0.116. The first-order chi connectivity index (χ1) is 14.5. The van der Waals surface area contributed by atoms with Crippen molar-refractivity contribution in [2.75, 3.05) is 26.6 Å². The molecule has 0 radical (unpaired) electrons. The Hall–Kier alpha value is -3.88. The number of ether oxygens (including phenoxy) is 3. The number of aromatic nitrogens is 2. The number of nitrogens with zero attached hydrogens (tertiary/aromatic N) is 2. The molecule has 0 spiro atoms. The van der Waals surface area contributed by atoms with Gasteiger partial charge in [0.2, 0.25) is 17.6 Å². The second-order valence-corrected chi connectivity index (χ2v) is 6.20. The highest BCUT2D eigenvalue weighted by atomic mass is 16.5. The fourth-order valence-electron chi connectivity index (χ4n) is 2.70. The average molecular weight is 411 g/mol. The minimum Gasteiger partial charge on any atom is -0.493 e. The van der Waals surface area contributed by atoms with Crippen molar-refractivity contribution in [3.8, 4) is 22.9 Å². The van der Waals surface area contributed by atoms with Gasteiger partial charge in [0.05, 0.1) is 26.9 Å². The molecule has 3 aromatic rings. The molecule has 2 aromatic carbocycles. The molecule has 156 valence electrons. The van der Waals surface area contributed by atoms with Crippen LogP contribution in [0.5, 0.6) is 11.5 Å². The number of methoxy groups -OCH3 is 3. The molecule has 0 aliphatic rings. The third kappa shape index (κ3) is 4.93. The van der Waals surface area contributed by atoms with Crippen LogP contribution in [-0.4, -0.2) is 43.3 Å². The van der Waals surface area contributed by atoms with Gasteiger partial charge in [-0.3, -0.25) is 4.79 Å². The molecule has 3 rings (SSSR count). The number of hydrogen-bond donors (Lipinski definition) is 1. The number of aryl methyl sites for hydroxylation is 1. The molecule has 9 nitrogen and oxygen atoms in total. The summed E-state index contributed by atoms with van der Waals surface area (Å²) in [7, 11) is 4.42. The summed E-state index contributed by atoms with van der Waals surface area (Å²) in [6.07, 6.45) is 0.443. The standard InChI is InChI=1S/C21H21N3O6/c1-27-16-9-6-14(12-17(16)28-2)20-23-19(30-24-20)11-10-18(25)22-15-7-4-13(5-8-15)21(26)29-3/h4-9,12H,10-11H2,1-3H3,(H,22,25). The molecule has 1 aromatic heterocycles. The first-order valence-electron chi connectivity index (χ1n) is 9.07. The van der Waals surface area contributed by atoms with Gasteiger partial charge in [0.25, 0.3) is 0 Å². The Morgan fingerprint density at radius 1 is 1.00 bits per heavy atom. The molecule has 1 amide bonds. The van der Waals surface area contributed by atoms with E-state index in [1.54, 1.807) is 56.7 Å². The van der Waals surface area contributed by atoms with Gasteiger partial charge in [-0.25, -0.2) is 4.79 Å². The number of hydrogen-bond acceptors (Lipinski definition) is 8. The SMILES string of the molecule is COC(=O)c1ccc(NC(=O)CCc2nc(-c3ccc(OC)c(OC)c3)no2)cc1. The van der Waals surface area contributed by atoms with Crippen molar-refractivity contribution in [3.63, 3.8) is 0 Å². The highest BCUT2D eigenvalue weighted by Crippen LogP contribution is 2.31. The van der Waals surface area contributed by atoms with Crippen LogP contribution in [0.4, 0.5) is 5.69 Å². The van der Waals surface area contributed by atoms with Gasteiger partial charge in [0.15, 0.2) is 11.5 Å². The van der Waals surface area contributed by atoms with Crippen molar-refractivity contribution in [2.24, 2.45) is 0 Å². The maximum absolute atomic E-state index is 12.2. The molecule has 9 heteroatoms. The molecule has 0 saturated heterocycles. The zero-order chi connectivity index (χ0) is 21.5. The summed E-state index contributed by atoms with van der Waals surface area (Å²) in [6.45, 7) is 0. The molecule has 1 N–H and O–H groups in total. The summed E-state index contributed by atoms with van der Waals surface area (Å²) in [5, 5.41) is 6.71. The topological polar surface area (TPSA) is 113 Å². The van der Waals surface area contributed by atoms with Crippen LogP contribution in [0.15, 0.2) is 47.0 Å². The largest absolute Gasteiger partial charge is 0.493 e. The highest BCUT2D eigenvalue weighted by molar-refractivity contribution is 5.93. The van der Waals surface area contributed by atoms with Crippen molar-refractivity contribution in [1.29, 1.82) is 0 Å². The number of esters is 1. The van der Waals surface area contributed by atoms with E-state index in [0.29, 0.717) is 40.0 Å². The van der Waals surface area contributed by atoms with E-state index in [2.05, 4.69) is 20.2 Å². The van der Waals surface area contributed by atoms with Crippen LogP contribution in [0.2, 0.25) is 0 Å². The van der Waals surface area contributed by atoms with Gasteiger partial charge in [0, 0.05) is 24.1 Å². The predicted molar refractivity (Wildman–Crippen MR) is 108 cm³/mol. The minimum atomic E-state index is -0.436. The van der Waals surface area contributed by atoms with Crippen molar-refractivity contribution in [1.82, 2.24) is 10.1 Å². The van der Waals surface area contributed by atoms with Crippen LogP contribution in [0.3, 0.4) is 0 Å².